The number of phenolic OH excluding ortho intramolecular Hbond substituents is 1. The van der Waals surface area contributed by atoms with Gasteiger partial charge >= 0.3 is 0 Å². The highest BCUT2D eigenvalue weighted by atomic mass is 16.3. The Balaban J connectivity index is 3.28. The van der Waals surface area contributed by atoms with Crippen molar-refractivity contribution in [3.8, 4) is 5.75 Å². The van der Waals surface area contributed by atoms with E-state index >= 15 is 0 Å². The van der Waals surface area contributed by atoms with Gasteiger partial charge in [-0.05, 0) is 41.8 Å². The van der Waals surface area contributed by atoms with Crippen LogP contribution in [0.25, 0.3) is 0 Å². The third kappa shape index (κ3) is 1.44. The zero-order valence-electron chi connectivity index (χ0n) is 7.16. The number of nitroso groups, excluding NO2 is 1. The number of aromatic hydroxyl groups is 1. The van der Waals surface area contributed by atoms with E-state index < -0.39 is 0 Å². The molecule has 0 fully saturated rings. The molecule has 0 aliphatic heterocycles. The Kier molecular flexibility index (Phi) is 2.43. The second kappa shape index (κ2) is 3.34. The molecule has 12 heavy (non-hydrogen) atoms. The van der Waals surface area contributed by atoms with Crippen molar-refractivity contribution < 1.29 is 5.11 Å². The molecule has 0 radical (unpaired) electrons. The summed E-state index contributed by atoms with van der Waals surface area (Å²) < 4.78 is 0. The van der Waals surface area contributed by atoms with Crippen molar-refractivity contribution in [2.45, 2.75) is 20.3 Å². The maximum atomic E-state index is 10.2. The molecule has 1 rings (SSSR count). The summed E-state index contributed by atoms with van der Waals surface area (Å²) >= 11 is 0. The van der Waals surface area contributed by atoms with Crippen molar-refractivity contribution >= 4 is 5.69 Å². The van der Waals surface area contributed by atoms with Gasteiger partial charge in [-0.2, -0.15) is 0 Å². The van der Waals surface area contributed by atoms with Crippen molar-refractivity contribution in [1.82, 2.24) is 0 Å². The van der Waals surface area contributed by atoms with Crippen LogP contribution in [0.5, 0.6) is 5.75 Å². The molecular weight excluding hydrogens is 154 g/mol. The molecule has 1 aromatic carbocycles. The van der Waals surface area contributed by atoms with Crippen molar-refractivity contribution in [3.63, 3.8) is 0 Å². The molecule has 3 heteroatoms. The SMILES string of the molecule is CCc1cc(N=O)cc(C)c1O. The lowest BCUT2D eigenvalue weighted by atomic mass is 10.1. The topological polar surface area (TPSA) is 49.7 Å². The molecule has 0 aromatic heterocycles. The lowest BCUT2D eigenvalue weighted by Gasteiger charge is -2.04. The average molecular weight is 165 g/mol. The normalized spacial score (nSPS) is 9.83. The van der Waals surface area contributed by atoms with Gasteiger partial charge in [0.25, 0.3) is 0 Å². The van der Waals surface area contributed by atoms with Gasteiger partial charge in [0, 0.05) is 0 Å². The number of aryl methyl sites for hydroxylation is 2. The minimum atomic E-state index is 0.268. The summed E-state index contributed by atoms with van der Waals surface area (Å²) in [6, 6.07) is 3.18. The Morgan fingerprint density at radius 3 is 2.67 bits per heavy atom. The van der Waals surface area contributed by atoms with E-state index in [1.165, 1.54) is 0 Å². The molecule has 0 spiro atoms. The van der Waals surface area contributed by atoms with Crippen molar-refractivity contribution in [1.29, 1.82) is 0 Å². The van der Waals surface area contributed by atoms with Crippen LogP contribution in [-0.2, 0) is 6.42 Å². The smallest absolute Gasteiger partial charge is 0.121 e. The summed E-state index contributed by atoms with van der Waals surface area (Å²) in [6.07, 6.45) is 0.704. The molecule has 0 unspecified atom stereocenters. The minimum Gasteiger partial charge on any atom is -0.507 e. The highest BCUT2D eigenvalue weighted by Gasteiger charge is 2.04. The minimum absolute atomic E-state index is 0.268. The van der Waals surface area contributed by atoms with Gasteiger partial charge in [0.05, 0.1) is 0 Å². The van der Waals surface area contributed by atoms with Gasteiger partial charge in [0.1, 0.15) is 11.4 Å². The first kappa shape index (κ1) is 8.71. The van der Waals surface area contributed by atoms with Gasteiger partial charge in [-0.3, -0.25) is 0 Å². The molecule has 0 aliphatic rings. The summed E-state index contributed by atoms with van der Waals surface area (Å²) in [4.78, 5) is 10.2. The average Bonchev–Trinajstić information content (AvgIpc) is 2.09. The highest BCUT2D eigenvalue weighted by Crippen LogP contribution is 2.27. The predicted octanol–water partition coefficient (Wildman–Crippen LogP) is 2.66. The molecule has 0 amide bonds. The van der Waals surface area contributed by atoms with Crippen LogP contribution in [0.4, 0.5) is 5.69 Å². The Bertz CT molecular complexity index is 308. The Morgan fingerprint density at radius 1 is 1.50 bits per heavy atom. The molecule has 1 N–H and O–H groups in total. The van der Waals surface area contributed by atoms with Crippen molar-refractivity contribution in [2.24, 2.45) is 5.18 Å². The monoisotopic (exact) mass is 165 g/mol. The fraction of sp³-hybridized carbons (Fsp3) is 0.333. The Hall–Kier alpha value is -1.38. The zero-order valence-corrected chi connectivity index (χ0v) is 7.16. The van der Waals surface area contributed by atoms with E-state index in [9.17, 15) is 10.0 Å². The van der Waals surface area contributed by atoms with Gasteiger partial charge in [-0.15, -0.1) is 4.91 Å². The predicted molar refractivity (Wildman–Crippen MR) is 47.7 cm³/mol. The standard InChI is InChI=1S/C9H11NO2/c1-3-7-5-8(10-12)4-6(2)9(7)11/h4-5,11H,3H2,1-2H3. The lowest BCUT2D eigenvalue weighted by molar-refractivity contribution is 0.464. The third-order valence-corrected chi connectivity index (χ3v) is 1.85. The maximum Gasteiger partial charge on any atom is 0.121 e. The van der Waals surface area contributed by atoms with Crippen LogP contribution in [0.2, 0.25) is 0 Å². The van der Waals surface area contributed by atoms with Gasteiger partial charge < -0.3 is 5.11 Å². The third-order valence-electron chi connectivity index (χ3n) is 1.85. The number of hydrogen-bond donors (Lipinski definition) is 1. The quantitative estimate of drug-likeness (QED) is 0.685. The summed E-state index contributed by atoms with van der Waals surface area (Å²) in [6.45, 7) is 3.67. The second-order valence-electron chi connectivity index (χ2n) is 2.72. The van der Waals surface area contributed by atoms with Crippen LogP contribution >= 0.6 is 0 Å². The molecule has 0 atom stereocenters. The number of rotatable bonds is 2. The molecule has 64 valence electrons. The van der Waals surface area contributed by atoms with E-state index in [2.05, 4.69) is 5.18 Å². The largest absolute Gasteiger partial charge is 0.507 e. The van der Waals surface area contributed by atoms with Crippen LogP contribution in [0.15, 0.2) is 17.3 Å². The number of hydrogen-bond acceptors (Lipinski definition) is 3. The first-order valence-electron chi connectivity index (χ1n) is 3.85. The Morgan fingerprint density at radius 2 is 2.17 bits per heavy atom. The van der Waals surface area contributed by atoms with Crippen molar-refractivity contribution in [3.05, 3.63) is 28.2 Å². The van der Waals surface area contributed by atoms with E-state index in [4.69, 9.17) is 0 Å². The highest BCUT2D eigenvalue weighted by molar-refractivity contribution is 5.51. The molecule has 0 heterocycles. The van der Waals surface area contributed by atoms with Crippen LogP contribution < -0.4 is 0 Å². The van der Waals surface area contributed by atoms with Gasteiger partial charge in [0.2, 0.25) is 0 Å². The molecule has 0 bridgehead atoms. The first-order chi connectivity index (χ1) is 5.69. The van der Waals surface area contributed by atoms with E-state index in [-0.39, 0.29) is 5.75 Å². The summed E-state index contributed by atoms with van der Waals surface area (Å²) in [5.74, 6) is 0.268. The summed E-state index contributed by atoms with van der Waals surface area (Å²) in [5, 5.41) is 12.3. The number of nitrogens with zero attached hydrogens (tertiary/aromatic N) is 1. The summed E-state index contributed by atoms with van der Waals surface area (Å²) in [7, 11) is 0. The van der Waals surface area contributed by atoms with Crippen LogP contribution in [0.3, 0.4) is 0 Å². The molecule has 0 aliphatic carbocycles. The molecular formula is C9H11NO2. The zero-order chi connectivity index (χ0) is 9.14. The van der Waals surface area contributed by atoms with E-state index in [1.54, 1.807) is 19.1 Å². The summed E-state index contributed by atoms with van der Waals surface area (Å²) in [5.41, 5.74) is 1.84. The maximum absolute atomic E-state index is 10.2. The van der Waals surface area contributed by atoms with E-state index in [0.717, 1.165) is 5.56 Å². The van der Waals surface area contributed by atoms with Gasteiger partial charge in [0.15, 0.2) is 0 Å². The van der Waals surface area contributed by atoms with Crippen LogP contribution in [0.1, 0.15) is 18.1 Å². The number of benzene rings is 1. The van der Waals surface area contributed by atoms with Crippen molar-refractivity contribution in [2.75, 3.05) is 0 Å². The first-order valence-corrected chi connectivity index (χ1v) is 3.85. The Labute approximate surface area is 71.0 Å². The van der Waals surface area contributed by atoms with Crippen LogP contribution in [-0.4, -0.2) is 5.11 Å². The molecule has 0 saturated carbocycles. The fourth-order valence-corrected chi connectivity index (χ4v) is 1.15. The van der Waals surface area contributed by atoms with Gasteiger partial charge in [-0.1, -0.05) is 6.92 Å². The second-order valence-corrected chi connectivity index (χ2v) is 2.72. The van der Waals surface area contributed by atoms with E-state index in [1.807, 2.05) is 6.92 Å². The lowest BCUT2D eigenvalue weighted by Crippen LogP contribution is -1.84. The molecule has 1 aromatic rings. The molecule has 3 nitrogen and oxygen atoms in total. The van der Waals surface area contributed by atoms with Crippen LogP contribution in [0, 0.1) is 11.8 Å². The van der Waals surface area contributed by atoms with Gasteiger partial charge in [-0.25, -0.2) is 0 Å². The van der Waals surface area contributed by atoms with E-state index in [0.29, 0.717) is 17.7 Å². The fourth-order valence-electron chi connectivity index (χ4n) is 1.15. The molecule has 0 saturated heterocycles. The number of phenols is 1.